The lowest BCUT2D eigenvalue weighted by molar-refractivity contribution is 0.101. The molecule has 0 unspecified atom stereocenters. The number of hydrogen-bond donors (Lipinski definition) is 3. The molecule has 3 aromatic rings. The fourth-order valence-corrected chi connectivity index (χ4v) is 4.56. The number of morpholine rings is 1. The molecule has 2 aliphatic rings. The molecule has 37 heavy (non-hydrogen) atoms. The number of rotatable bonds is 7. The molecule has 3 aromatic carbocycles. The van der Waals surface area contributed by atoms with Crippen LogP contribution in [-0.4, -0.2) is 57.3 Å². The van der Waals surface area contributed by atoms with Gasteiger partial charge in [-0.05, 0) is 80.5 Å². The van der Waals surface area contributed by atoms with E-state index in [1.54, 1.807) is 36.4 Å². The highest BCUT2D eigenvalue weighted by Crippen LogP contribution is 2.22. The van der Waals surface area contributed by atoms with Crippen LogP contribution >= 0.6 is 0 Å². The number of carbonyl (C=O) groups excluding carboxylic acids is 2. The molecule has 0 aliphatic carbocycles. The van der Waals surface area contributed by atoms with Crippen molar-refractivity contribution in [2.75, 3.05) is 54.9 Å². The topological polar surface area (TPSA) is 91.9 Å². The van der Waals surface area contributed by atoms with Gasteiger partial charge in [0.05, 0.1) is 13.2 Å². The van der Waals surface area contributed by atoms with Gasteiger partial charge in [0, 0.05) is 41.3 Å². The quantitative estimate of drug-likeness (QED) is 0.451. The normalized spacial score (nSPS) is 16.2. The van der Waals surface area contributed by atoms with Crippen molar-refractivity contribution in [2.24, 2.45) is 0 Å². The number of ether oxygens (including phenoxy) is 2. The number of anilines is 3. The third kappa shape index (κ3) is 6.67. The fraction of sp³-hybridized carbons (Fsp3) is 0.310. The molecule has 0 bridgehead atoms. The molecule has 0 radical (unpaired) electrons. The van der Waals surface area contributed by atoms with Gasteiger partial charge in [-0.3, -0.25) is 9.59 Å². The van der Waals surface area contributed by atoms with Crippen LogP contribution in [0.1, 0.15) is 33.6 Å². The van der Waals surface area contributed by atoms with Crippen LogP contribution in [0.2, 0.25) is 0 Å². The maximum Gasteiger partial charge on any atom is 0.255 e. The lowest BCUT2D eigenvalue weighted by Gasteiger charge is -2.29. The lowest BCUT2D eigenvalue weighted by Crippen LogP contribution is -2.36. The number of amides is 2. The molecular weight excluding hydrogens is 468 g/mol. The second kappa shape index (κ2) is 11.9. The van der Waals surface area contributed by atoms with Crippen molar-refractivity contribution >= 4 is 28.9 Å². The van der Waals surface area contributed by atoms with E-state index in [4.69, 9.17) is 9.47 Å². The van der Waals surface area contributed by atoms with Crippen molar-refractivity contribution in [3.8, 4) is 5.75 Å². The van der Waals surface area contributed by atoms with Crippen LogP contribution in [0, 0.1) is 0 Å². The minimum Gasteiger partial charge on any atom is -0.490 e. The summed E-state index contributed by atoms with van der Waals surface area (Å²) in [5.41, 5.74) is 3.27. The number of hydrogen-bond acceptors (Lipinski definition) is 6. The van der Waals surface area contributed by atoms with Crippen LogP contribution < -0.4 is 25.6 Å². The van der Waals surface area contributed by atoms with Gasteiger partial charge in [-0.15, -0.1) is 0 Å². The van der Waals surface area contributed by atoms with Crippen LogP contribution in [0.15, 0.2) is 72.8 Å². The van der Waals surface area contributed by atoms with E-state index < -0.39 is 0 Å². The molecule has 2 saturated heterocycles. The Kier molecular flexibility index (Phi) is 7.98. The molecular formula is C29H32N4O4. The molecule has 192 valence electrons. The number of carbonyl (C=O) groups is 2. The summed E-state index contributed by atoms with van der Waals surface area (Å²) < 4.78 is 11.5. The van der Waals surface area contributed by atoms with Gasteiger partial charge in [0.1, 0.15) is 11.9 Å². The maximum absolute atomic E-state index is 13.0. The highest BCUT2D eigenvalue weighted by molar-refractivity contribution is 6.07. The van der Waals surface area contributed by atoms with Crippen LogP contribution in [0.4, 0.5) is 17.1 Å². The number of nitrogens with one attached hydrogen (secondary N) is 3. The Morgan fingerprint density at radius 1 is 0.811 bits per heavy atom. The molecule has 8 nitrogen and oxygen atoms in total. The Labute approximate surface area is 217 Å². The molecule has 0 aromatic heterocycles. The molecule has 2 fully saturated rings. The summed E-state index contributed by atoms with van der Waals surface area (Å²) in [5.74, 6) is 0.186. The first-order chi connectivity index (χ1) is 18.1. The average Bonchev–Trinajstić information content (AvgIpc) is 2.94. The van der Waals surface area contributed by atoms with E-state index in [2.05, 4.69) is 20.9 Å². The second-order valence-corrected chi connectivity index (χ2v) is 9.23. The van der Waals surface area contributed by atoms with Gasteiger partial charge >= 0.3 is 0 Å². The van der Waals surface area contributed by atoms with E-state index in [1.807, 2.05) is 36.4 Å². The SMILES string of the molecule is O=C(Nc1cccc(N2CCOCC2)c1)c1cccc(NC(=O)c2cccc(OC3CCNCC3)c2)c1. The van der Waals surface area contributed by atoms with Crippen molar-refractivity contribution in [3.63, 3.8) is 0 Å². The highest BCUT2D eigenvalue weighted by atomic mass is 16.5. The van der Waals surface area contributed by atoms with E-state index in [9.17, 15) is 9.59 Å². The molecule has 0 saturated carbocycles. The second-order valence-electron chi connectivity index (χ2n) is 9.23. The molecule has 0 atom stereocenters. The predicted molar refractivity (Wildman–Crippen MR) is 145 cm³/mol. The third-order valence-electron chi connectivity index (χ3n) is 6.55. The Balaban J connectivity index is 1.22. The zero-order valence-corrected chi connectivity index (χ0v) is 20.7. The summed E-state index contributed by atoms with van der Waals surface area (Å²) in [6.07, 6.45) is 2.05. The van der Waals surface area contributed by atoms with E-state index >= 15 is 0 Å². The van der Waals surface area contributed by atoms with Gasteiger partial charge in [-0.25, -0.2) is 0 Å². The third-order valence-corrected chi connectivity index (χ3v) is 6.55. The number of nitrogens with zero attached hydrogens (tertiary/aromatic N) is 1. The molecule has 5 rings (SSSR count). The monoisotopic (exact) mass is 500 g/mol. The maximum atomic E-state index is 13.0. The summed E-state index contributed by atoms with van der Waals surface area (Å²) in [7, 11) is 0. The van der Waals surface area contributed by atoms with Crippen molar-refractivity contribution in [3.05, 3.63) is 83.9 Å². The largest absolute Gasteiger partial charge is 0.490 e. The Hall–Kier alpha value is -3.88. The van der Waals surface area contributed by atoms with Crippen LogP contribution in [-0.2, 0) is 4.74 Å². The van der Waals surface area contributed by atoms with Crippen molar-refractivity contribution in [2.45, 2.75) is 18.9 Å². The van der Waals surface area contributed by atoms with Crippen molar-refractivity contribution in [1.82, 2.24) is 5.32 Å². The van der Waals surface area contributed by atoms with Crippen LogP contribution in [0.25, 0.3) is 0 Å². The summed E-state index contributed by atoms with van der Waals surface area (Å²) in [4.78, 5) is 28.1. The molecule has 2 aliphatic heterocycles. The van der Waals surface area contributed by atoms with Crippen molar-refractivity contribution in [1.29, 1.82) is 0 Å². The summed E-state index contributed by atoms with van der Waals surface area (Å²) in [6, 6.07) is 21.9. The summed E-state index contributed by atoms with van der Waals surface area (Å²) >= 11 is 0. The lowest BCUT2D eigenvalue weighted by atomic mass is 10.1. The predicted octanol–water partition coefficient (Wildman–Crippen LogP) is 4.16. The van der Waals surface area contributed by atoms with E-state index in [1.165, 1.54) is 0 Å². The van der Waals surface area contributed by atoms with E-state index in [0.29, 0.717) is 41.5 Å². The first-order valence-electron chi connectivity index (χ1n) is 12.8. The molecule has 3 N–H and O–H groups in total. The van der Waals surface area contributed by atoms with E-state index in [-0.39, 0.29) is 17.9 Å². The van der Waals surface area contributed by atoms with Crippen LogP contribution in [0.5, 0.6) is 5.75 Å². The minimum atomic E-state index is -0.258. The average molecular weight is 501 g/mol. The summed E-state index contributed by atoms with van der Waals surface area (Å²) in [6.45, 7) is 4.93. The first kappa shape index (κ1) is 24.8. The molecule has 8 heteroatoms. The van der Waals surface area contributed by atoms with Gasteiger partial charge in [0.2, 0.25) is 0 Å². The number of benzene rings is 3. The van der Waals surface area contributed by atoms with E-state index in [0.717, 1.165) is 44.7 Å². The Morgan fingerprint density at radius 3 is 2.16 bits per heavy atom. The van der Waals surface area contributed by atoms with Crippen molar-refractivity contribution < 1.29 is 19.1 Å². The zero-order valence-electron chi connectivity index (χ0n) is 20.7. The molecule has 2 amide bonds. The molecule has 0 spiro atoms. The van der Waals surface area contributed by atoms with Gasteiger partial charge in [-0.1, -0.05) is 18.2 Å². The standard InChI is InChI=1S/C29H32N4O4/c34-28(32-24-7-3-8-25(20-24)33-14-16-36-17-15-33)21-4-1-6-23(18-21)31-29(35)22-5-2-9-27(19-22)37-26-10-12-30-13-11-26/h1-9,18-20,26,30H,10-17H2,(H,31,35)(H,32,34). The highest BCUT2D eigenvalue weighted by Gasteiger charge is 2.16. The Bertz CT molecular complexity index is 1240. The first-order valence-corrected chi connectivity index (χ1v) is 12.8. The Morgan fingerprint density at radius 2 is 1.43 bits per heavy atom. The summed E-state index contributed by atoms with van der Waals surface area (Å²) in [5, 5.41) is 9.18. The van der Waals surface area contributed by atoms with Gasteiger partial charge < -0.3 is 30.3 Å². The smallest absolute Gasteiger partial charge is 0.255 e. The fourth-order valence-electron chi connectivity index (χ4n) is 4.56. The van der Waals surface area contributed by atoms with Crippen LogP contribution in [0.3, 0.4) is 0 Å². The minimum absolute atomic E-state index is 0.157. The van der Waals surface area contributed by atoms with Gasteiger partial charge in [0.15, 0.2) is 0 Å². The molecule has 2 heterocycles. The van der Waals surface area contributed by atoms with Gasteiger partial charge in [0.25, 0.3) is 11.8 Å². The zero-order chi connectivity index (χ0) is 25.5. The van der Waals surface area contributed by atoms with Gasteiger partial charge in [-0.2, -0.15) is 0 Å². The number of piperidine rings is 1.